The molecule has 1 saturated carbocycles. The lowest BCUT2D eigenvalue weighted by Crippen LogP contribution is -2.17. The molecule has 1 aliphatic rings. The zero-order valence-electron chi connectivity index (χ0n) is 15.7. The Bertz CT molecular complexity index is 1120. The van der Waals surface area contributed by atoms with Gasteiger partial charge in [-0.05, 0) is 47.7 Å². The Morgan fingerprint density at radius 3 is 2.72 bits per heavy atom. The maximum Gasteiger partial charge on any atom is 0.274 e. The molecule has 1 N–H and O–H groups in total. The lowest BCUT2D eigenvalue weighted by molar-refractivity contribution is 0.101. The fraction of sp³-hybridized carbons (Fsp3) is 0.174. The van der Waals surface area contributed by atoms with Gasteiger partial charge in [-0.3, -0.25) is 15.1 Å². The average molecular weight is 401 g/mol. The Morgan fingerprint density at radius 2 is 1.90 bits per heavy atom. The molecule has 144 valence electrons. The van der Waals surface area contributed by atoms with Crippen LogP contribution in [-0.2, 0) is 6.54 Å². The molecule has 1 aliphatic carbocycles. The molecule has 3 heterocycles. The molecule has 3 aromatic heterocycles. The van der Waals surface area contributed by atoms with E-state index in [4.69, 9.17) is 0 Å². The molecule has 5 rings (SSSR count). The fourth-order valence-electron chi connectivity index (χ4n) is 3.71. The summed E-state index contributed by atoms with van der Waals surface area (Å²) in [7, 11) is 0. The van der Waals surface area contributed by atoms with Crippen LogP contribution >= 0.6 is 11.3 Å². The molecule has 29 heavy (non-hydrogen) atoms. The van der Waals surface area contributed by atoms with Crippen LogP contribution in [0.3, 0.4) is 0 Å². The molecule has 1 amide bonds. The van der Waals surface area contributed by atoms with E-state index in [1.54, 1.807) is 12.4 Å². The van der Waals surface area contributed by atoms with Gasteiger partial charge in [-0.25, -0.2) is 4.98 Å². The molecule has 2 atom stereocenters. The summed E-state index contributed by atoms with van der Waals surface area (Å²) in [6.45, 7) is 0.627. The summed E-state index contributed by atoms with van der Waals surface area (Å²) >= 11 is 1.49. The highest BCUT2D eigenvalue weighted by Crippen LogP contribution is 2.54. The second kappa shape index (κ2) is 7.64. The minimum absolute atomic E-state index is 0.139. The second-order valence-electron chi connectivity index (χ2n) is 7.27. The van der Waals surface area contributed by atoms with Gasteiger partial charge in [0.1, 0.15) is 5.69 Å². The smallest absolute Gasteiger partial charge is 0.274 e. The summed E-state index contributed by atoms with van der Waals surface area (Å²) in [5.41, 5.74) is 4.16. The summed E-state index contributed by atoms with van der Waals surface area (Å²) in [6.07, 6.45) is 6.56. The van der Waals surface area contributed by atoms with E-state index in [9.17, 15) is 4.79 Å². The number of rotatable bonds is 6. The standard InChI is InChI=1S/C23H20N4OS/c28-22(21-7-4-12-27(21)14-16-8-10-24-11-9-16)26-23-25-20(15-29-23)19-13-18(19)17-5-2-1-3-6-17/h1-12,15,18-19H,13-14H2,(H,25,26,28)/t18-,19-/m0/s1. The van der Waals surface area contributed by atoms with Crippen LogP contribution in [0.2, 0.25) is 0 Å². The van der Waals surface area contributed by atoms with Crippen molar-refractivity contribution in [2.24, 2.45) is 0 Å². The van der Waals surface area contributed by atoms with Crippen LogP contribution in [0.15, 0.2) is 78.6 Å². The topological polar surface area (TPSA) is 59.8 Å². The van der Waals surface area contributed by atoms with E-state index in [2.05, 4.69) is 44.9 Å². The number of benzene rings is 1. The first kappa shape index (κ1) is 17.8. The number of amides is 1. The van der Waals surface area contributed by atoms with Gasteiger partial charge in [0.25, 0.3) is 5.91 Å². The number of hydrogen-bond acceptors (Lipinski definition) is 4. The highest BCUT2D eigenvalue weighted by atomic mass is 32.1. The second-order valence-corrected chi connectivity index (χ2v) is 8.13. The van der Waals surface area contributed by atoms with Crippen LogP contribution in [0.5, 0.6) is 0 Å². The van der Waals surface area contributed by atoms with Gasteiger partial charge in [0.05, 0.1) is 5.69 Å². The molecule has 6 heteroatoms. The maximum atomic E-state index is 12.8. The number of hydrogen-bond donors (Lipinski definition) is 1. The van der Waals surface area contributed by atoms with Crippen molar-refractivity contribution in [3.05, 3.63) is 101 Å². The predicted octanol–water partition coefficient (Wildman–Crippen LogP) is 4.91. The number of thiazole rings is 1. The van der Waals surface area contributed by atoms with Gasteiger partial charge in [-0.2, -0.15) is 0 Å². The van der Waals surface area contributed by atoms with Crippen molar-refractivity contribution in [2.45, 2.75) is 24.8 Å². The quantitative estimate of drug-likeness (QED) is 0.500. The monoisotopic (exact) mass is 400 g/mol. The van der Waals surface area contributed by atoms with Gasteiger partial charge in [-0.1, -0.05) is 30.3 Å². The molecule has 5 nitrogen and oxygen atoms in total. The number of pyridine rings is 1. The van der Waals surface area contributed by atoms with Gasteiger partial charge in [-0.15, -0.1) is 11.3 Å². The van der Waals surface area contributed by atoms with Crippen LogP contribution in [-0.4, -0.2) is 20.4 Å². The molecular formula is C23H20N4OS. The molecule has 0 spiro atoms. The molecular weight excluding hydrogens is 380 g/mol. The lowest BCUT2D eigenvalue weighted by atomic mass is 10.1. The van der Waals surface area contributed by atoms with Crippen molar-refractivity contribution < 1.29 is 4.79 Å². The van der Waals surface area contributed by atoms with Crippen molar-refractivity contribution in [2.75, 3.05) is 5.32 Å². The fourth-order valence-corrected chi connectivity index (χ4v) is 4.48. The normalized spacial score (nSPS) is 17.8. The summed E-state index contributed by atoms with van der Waals surface area (Å²) in [5.74, 6) is 0.856. The Morgan fingerprint density at radius 1 is 1.07 bits per heavy atom. The third-order valence-corrected chi connectivity index (χ3v) is 6.08. The third kappa shape index (κ3) is 3.84. The van der Waals surface area contributed by atoms with Crippen molar-refractivity contribution in [3.63, 3.8) is 0 Å². The van der Waals surface area contributed by atoms with Crippen LogP contribution in [0.4, 0.5) is 5.13 Å². The highest BCUT2D eigenvalue weighted by molar-refractivity contribution is 7.14. The SMILES string of the molecule is O=C(Nc1nc([C@H]2C[C@H]2c2ccccc2)cs1)c1cccn1Cc1ccncc1. The Balaban J connectivity index is 1.25. The summed E-state index contributed by atoms with van der Waals surface area (Å²) < 4.78 is 1.94. The Hall–Kier alpha value is -3.25. The summed E-state index contributed by atoms with van der Waals surface area (Å²) in [5, 5.41) is 5.69. The van der Waals surface area contributed by atoms with Crippen LogP contribution in [0, 0.1) is 0 Å². The molecule has 4 aromatic rings. The summed E-state index contributed by atoms with van der Waals surface area (Å²) in [4.78, 5) is 21.5. The number of carbonyl (C=O) groups is 1. The first-order valence-electron chi connectivity index (χ1n) is 9.64. The van der Waals surface area contributed by atoms with E-state index in [0.717, 1.165) is 17.7 Å². The summed E-state index contributed by atoms with van der Waals surface area (Å²) in [6, 6.07) is 18.2. The van der Waals surface area contributed by atoms with E-state index in [1.807, 2.05) is 41.1 Å². The molecule has 0 unspecified atom stereocenters. The van der Waals surface area contributed by atoms with Gasteiger partial charge < -0.3 is 4.57 Å². The zero-order chi connectivity index (χ0) is 19.6. The molecule has 0 aliphatic heterocycles. The number of nitrogens with one attached hydrogen (secondary N) is 1. The zero-order valence-corrected chi connectivity index (χ0v) is 16.5. The number of carbonyl (C=O) groups excluding carboxylic acids is 1. The first-order chi connectivity index (χ1) is 14.3. The molecule has 1 aromatic carbocycles. The molecule has 0 bridgehead atoms. The van der Waals surface area contributed by atoms with E-state index in [-0.39, 0.29) is 5.91 Å². The minimum Gasteiger partial charge on any atom is -0.339 e. The van der Waals surface area contributed by atoms with E-state index in [0.29, 0.717) is 29.2 Å². The van der Waals surface area contributed by atoms with Crippen LogP contribution in [0.1, 0.15) is 45.6 Å². The van der Waals surface area contributed by atoms with Crippen LogP contribution in [0.25, 0.3) is 0 Å². The van der Waals surface area contributed by atoms with Gasteiger partial charge in [0.15, 0.2) is 5.13 Å². The molecule has 0 saturated heterocycles. The lowest BCUT2D eigenvalue weighted by Gasteiger charge is -2.08. The van der Waals surface area contributed by atoms with Crippen molar-refractivity contribution >= 4 is 22.4 Å². The number of aromatic nitrogens is 3. The molecule has 1 fully saturated rings. The van der Waals surface area contributed by atoms with Crippen molar-refractivity contribution in [1.82, 2.24) is 14.5 Å². The van der Waals surface area contributed by atoms with E-state index in [1.165, 1.54) is 16.9 Å². The van der Waals surface area contributed by atoms with Gasteiger partial charge in [0.2, 0.25) is 0 Å². The van der Waals surface area contributed by atoms with Gasteiger partial charge in [0, 0.05) is 36.4 Å². The minimum atomic E-state index is -0.139. The third-order valence-electron chi connectivity index (χ3n) is 5.30. The largest absolute Gasteiger partial charge is 0.339 e. The average Bonchev–Trinajstić information content (AvgIpc) is 3.18. The van der Waals surface area contributed by atoms with Crippen molar-refractivity contribution in [1.29, 1.82) is 0 Å². The highest BCUT2D eigenvalue weighted by Gasteiger charge is 2.41. The van der Waals surface area contributed by atoms with E-state index < -0.39 is 0 Å². The maximum absolute atomic E-state index is 12.8. The number of anilines is 1. The first-order valence-corrected chi connectivity index (χ1v) is 10.5. The number of nitrogens with zero attached hydrogens (tertiary/aromatic N) is 3. The van der Waals surface area contributed by atoms with Gasteiger partial charge >= 0.3 is 0 Å². The van der Waals surface area contributed by atoms with Crippen LogP contribution < -0.4 is 5.32 Å². The Labute approximate surface area is 173 Å². The molecule has 0 radical (unpaired) electrons. The predicted molar refractivity (Wildman–Crippen MR) is 114 cm³/mol. The Kier molecular flexibility index (Phi) is 4.69. The van der Waals surface area contributed by atoms with E-state index >= 15 is 0 Å². The van der Waals surface area contributed by atoms with Crippen molar-refractivity contribution in [3.8, 4) is 0 Å².